The highest BCUT2D eigenvalue weighted by Gasteiger charge is 2.28. The van der Waals surface area contributed by atoms with E-state index in [1.165, 1.54) is 12.8 Å². The van der Waals surface area contributed by atoms with Gasteiger partial charge in [-0.1, -0.05) is 12.8 Å². The van der Waals surface area contributed by atoms with Crippen LogP contribution < -0.4 is 0 Å². The molecule has 4 nitrogen and oxygen atoms in total. The maximum absolute atomic E-state index is 12.3. The molecular formula is C13H21ClN2O2. The molecule has 0 radical (unpaired) electrons. The number of hydrogen-bond acceptors (Lipinski definition) is 2. The van der Waals surface area contributed by atoms with Crippen LogP contribution in [0.15, 0.2) is 0 Å². The van der Waals surface area contributed by atoms with E-state index in [1.54, 1.807) is 4.90 Å². The van der Waals surface area contributed by atoms with Crippen molar-refractivity contribution in [3.63, 3.8) is 0 Å². The molecule has 0 atom stereocenters. The summed E-state index contributed by atoms with van der Waals surface area (Å²) in [4.78, 5) is 27.6. The van der Waals surface area contributed by atoms with Crippen molar-refractivity contribution in [2.24, 2.45) is 5.92 Å². The monoisotopic (exact) mass is 272 g/mol. The molecule has 102 valence electrons. The van der Waals surface area contributed by atoms with E-state index in [0.29, 0.717) is 19.0 Å². The fourth-order valence-electron chi connectivity index (χ4n) is 2.90. The Morgan fingerprint density at radius 1 is 0.944 bits per heavy atom. The lowest BCUT2D eigenvalue weighted by Crippen LogP contribution is -2.39. The van der Waals surface area contributed by atoms with Crippen molar-refractivity contribution in [1.82, 2.24) is 9.80 Å². The lowest BCUT2D eigenvalue weighted by atomic mass is 10.1. The van der Waals surface area contributed by atoms with E-state index in [0.717, 1.165) is 32.4 Å². The molecule has 1 aliphatic carbocycles. The van der Waals surface area contributed by atoms with Gasteiger partial charge < -0.3 is 9.80 Å². The Morgan fingerprint density at radius 3 is 2.22 bits per heavy atom. The molecule has 0 aromatic rings. The number of alkyl halides is 1. The second kappa shape index (κ2) is 6.41. The summed E-state index contributed by atoms with van der Waals surface area (Å²) in [5, 5.41) is 0. The van der Waals surface area contributed by atoms with Crippen molar-refractivity contribution in [1.29, 1.82) is 0 Å². The fourth-order valence-corrected chi connectivity index (χ4v) is 3.07. The van der Waals surface area contributed by atoms with Gasteiger partial charge in [0.25, 0.3) is 0 Å². The molecular weight excluding hydrogens is 252 g/mol. The van der Waals surface area contributed by atoms with Gasteiger partial charge in [-0.15, -0.1) is 11.6 Å². The maximum Gasteiger partial charge on any atom is 0.237 e. The van der Waals surface area contributed by atoms with Gasteiger partial charge in [0.1, 0.15) is 5.88 Å². The smallest absolute Gasteiger partial charge is 0.237 e. The zero-order valence-corrected chi connectivity index (χ0v) is 11.5. The summed E-state index contributed by atoms with van der Waals surface area (Å²) in [6.07, 6.45) is 5.31. The van der Waals surface area contributed by atoms with E-state index < -0.39 is 0 Å². The molecule has 0 unspecified atom stereocenters. The predicted molar refractivity (Wildman–Crippen MR) is 70.5 cm³/mol. The summed E-state index contributed by atoms with van der Waals surface area (Å²) in [5.41, 5.74) is 0. The van der Waals surface area contributed by atoms with Crippen LogP contribution in [-0.4, -0.2) is 53.7 Å². The summed E-state index contributed by atoms with van der Waals surface area (Å²) in [6.45, 7) is 2.80. The van der Waals surface area contributed by atoms with Gasteiger partial charge in [0, 0.05) is 32.1 Å². The summed E-state index contributed by atoms with van der Waals surface area (Å²) in [7, 11) is 0. The average molecular weight is 273 g/mol. The molecule has 1 saturated carbocycles. The molecule has 2 fully saturated rings. The molecule has 0 N–H and O–H groups in total. The van der Waals surface area contributed by atoms with Crippen LogP contribution >= 0.6 is 11.6 Å². The number of carbonyl (C=O) groups excluding carboxylic acids is 2. The third-order valence-electron chi connectivity index (χ3n) is 3.98. The van der Waals surface area contributed by atoms with Crippen LogP contribution in [0.5, 0.6) is 0 Å². The second-order valence-corrected chi connectivity index (χ2v) is 5.44. The largest absolute Gasteiger partial charge is 0.341 e. The number of carbonyl (C=O) groups is 2. The molecule has 0 aromatic heterocycles. The number of rotatable bonds is 2. The number of amides is 2. The van der Waals surface area contributed by atoms with Crippen molar-refractivity contribution < 1.29 is 9.59 Å². The standard InChI is InChI=1S/C13H21ClN2O2/c14-10-12(17)15-6-3-7-16(9-8-15)13(18)11-4-1-2-5-11/h11H,1-10H2. The molecule has 0 bridgehead atoms. The molecule has 0 aromatic carbocycles. The summed E-state index contributed by atoms with van der Waals surface area (Å²) in [5.74, 6) is 0.552. The first-order chi connectivity index (χ1) is 8.72. The van der Waals surface area contributed by atoms with Crippen molar-refractivity contribution in [3.8, 4) is 0 Å². The van der Waals surface area contributed by atoms with Crippen molar-refractivity contribution in [2.75, 3.05) is 32.1 Å². The summed E-state index contributed by atoms with van der Waals surface area (Å²) in [6, 6.07) is 0. The van der Waals surface area contributed by atoms with Crippen molar-refractivity contribution in [3.05, 3.63) is 0 Å². The Bertz CT molecular complexity index is 316. The van der Waals surface area contributed by atoms with Crippen LogP contribution in [0.2, 0.25) is 0 Å². The van der Waals surface area contributed by atoms with Crippen LogP contribution in [0.4, 0.5) is 0 Å². The predicted octanol–water partition coefficient (Wildman–Crippen LogP) is 1.48. The van der Waals surface area contributed by atoms with Crippen molar-refractivity contribution in [2.45, 2.75) is 32.1 Å². The van der Waals surface area contributed by atoms with Crippen LogP contribution in [0.1, 0.15) is 32.1 Å². The Kier molecular flexibility index (Phi) is 4.87. The Morgan fingerprint density at radius 2 is 1.56 bits per heavy atom. The molecule has 2 rings (SSSR count). The minimum atomic E-state index is -0.0215. The van der Waals surface area contributed by atoms with Gasteiger partial charge in [0.15, 0.2) is 0 Å². The SMILES string of the molecule is O=C(CCl)N1CCCN(C(=O)C2CCCC2)CC1. The van der Waals surface area contributed by atoms with E-state index >= 15 is 0 Å². The van der Waals surface area contributed by atoms with Crippen LogP contribution in [-0.2, 0) is 9.59 Å². The zero-order chi connectivity index (χ0) is 13.0. The van der Waals surface area contributed by atoms with Gasteiger partial charge in [-0.3, -0.25) is 9.59 Å². The zero-order valence-electron chi connectivity index (χ0n) is 10.7. The molecule has 2 aliphatic rings. The van der Waals surface area contributed by atoms with Gasteiger partial charge >= 0.3 is 0 Å². The third kappa shape index (κ3) is 3.16. The molecule has 2 amide bonds. The molecule has 18 heavy (non-hydrogen) atoms. The van der Waals surface area contributed by atoms with E-state index in [4.69, 9.17) is 11.6 Å². The Hall–Kier alpha value is -0.770. The summed E-state index contributed by atoms with van der Waals surface area (Å²) < 4.78 is 0. The van der Waals surface area contributed by atoms with Gasteiger partial charge in [0.2, 0.25) is 11.8 Å². The number of nitrogens with zero attached hydrogens (tertiary/aromatic N) is 2. The minimum Gasteiger partial charge on any atom is -0.341 e. The molecule has 0 spiro atoms. The lowest BCUT2D eigenvalue weighted by Gasteiger charge is -2.24. The van der Waals surface area contributed by atoms with Gasteiger partial charge in [0.05, 0.1) is 0 Å². The highest BCUT2D eigenvalue weighted by molar-refractivity contribution is 6.27. The first kappa shape index (κ1) is 13.7. The summed E-state index contributed by atoms with van der Waals surface area (Å²) >= 11 is 5.57. The minimum absolute atomic E-state index is 0.0215. The first-order valence-corrected chi connectivity index (χ1v) is 7.38. The van der Waals surface area contributed by atoms with Crippen molar-refractivity contribution >= 4 is 23.4 Å². The number of hydrogen-bond donors (Lipinski definition) is 0. The van der Waals surface area contributed by atoms with E-state index in [9.17, 15) is 9.59 Å². The molecule has 1 aliphatic heterocycles. The van der Waals surface area contributed by atoms with Gasteiger partial charge in [-0.05, 0) is 19.3 Å². The lowest BCUT2D eigenvalue weighted by molar-refractivity contribution is -0.136. The Labute approximate surface area is 113 Å². The topological polar surface area (TPSA) is 40.6 Å². The number of halogens is 1. The molecule has 5 heteroatoms. The quantitative estimate of drug-likeness (QED) is 0.715. The van der Waals surface area contributed by atoms with Crippen LogP contribution in [0.25, 0.3) is 0 Å². The van der Waals surface area contributed by atoms with E-state index in [2.05, 4.69) is 0 Å². The van der Waals surface area contributed by atoms with Crippen LogP contribution in [0, 0.1) is 5.92 Å². The maximum atomic E-state index is 12.3. The molecule has 1 heterocycles. The highest BCUT2D eigenvalue weighted by Crippen LogP contribution is 2.26. The fraction of sp³-hybridized carbons (Fsp3) is 0.846. The Balaban J connectivity index is 1.88. The third-order valence-corrected chi connectivity index (χ3v) is 4.21. The average Bonchev–Trinajstić information content (AvgIpc) is 2.81. The normalized spacial score (nSPS) is 22.1. The molecule has 1 saturated heterocycles. The first-order valence-electron chi connectivity index (χ1n) is 6.85. The van der Waals surface area contributed by atoms with E-state index in [-0.39, 0.29) is 17.7 Å². The second-order valence-electron chi connectivity index (χ2n) is 5.17. The van der Waals surface area contributed by atoms with Crippen LogP contribution in [0.3, 0.4) is 0 Å². The van der Waals surface area contributed by atoms with Gasteiger partial charge in [-0.25, -0.2) is 0 Å². The van der Waals surface area contributed by atoms with Gasteiger partial charge in [-0.2, -0.15) is 0 Å². The van der Waals surface area contributed by atoms with E-state index in [1.807, 2.05) is 4.90 Å². The highest BCUT2D eigenvalue weighted by atomic mass is 35.5.